The summed E-state index contributed by atoms with van der Waals surface area (Å²) < 4.78 is 18.3. The fraction of sp³-hybridized carbons (Fsp3) is 0.714. The molecule has 3 rings (SSSR count). The van der Waals surface area contributed by atoms with Crippen molar-refractivity contribution >= 4 is 24.2 Å². The molecule has 1 saturated carbocycles. The Bertz CT molecular complexity index is 567. The van der Waals surface area contributed by atoms with Crippen LogP contribution in [0.2, 0.25) is 5.02 Å². The van der Waals surface area contributed by atoms with Gasteiger partial charge in [0.25, 0.3) is 0 Å². The summed E-state index contributed by atoms with van der Waals surface area (Å²) in [6, 6.07) is 5.80. The standard InChI is InChI=1S/C19H28BClO3.C2H6/c1-18(2)19(3,4)24-20(23-18)15-10-11-16(21)17(12-15)22-13-14-8-6-5-7-9-14;1-2/h10-12,14H,5-9,13H2,1-4H3;1-2H3. The van der Waals surface area contributed by atoms with Crippen LogP contribution in [0.3, 0.4) is 0 Å². The van der Waals surface area contributed by atoms with Gasteiger partial charge in [-0.2, -0.15) is 0 Å². The van der Waals surface area contributed by atoms with Gasteiger partial charge in [-0.1, -0.05) is 50.8 Å². The van der Waals surface area contributed by atoms with Gasteiger partial charge in [0.1, 0.15) is 5.75 Å². The number of hydrogen-bond acceptors (Lipinski definition) is 3. The average Bonchev–Trinajstić information content (AvgIpc) is 2.84. The second-order valence-corrected chi connectivity index (χ2v) is 8.50. The van der Waals surface area contributed by atoms with E-state index in [0.29, 0.717) is 10.9 Å². The van der Waals surface area contributed by atoms with Crippen LogP contribution in [0, 0.1) is 5.92 Å². The first-order chi connectivity index (χ1) is 12.3. The van der Waals surface area contributed by atoms with Gasteiger partial charge in [0.2, 0.25) is 0 Å². The molecule has 0 amide bonds. The lowest BCUT2D eigenvalue weighted by Crippen LogP contribution is -2.41. The largest absolute Gasteiger partial charge is 0.494 e. The molecule has 0 bridgehead atoms. The van der Waals surface area contributed by atoms with Crippen molar-refractivity contribution in [3.05, 3.63) is 23.2 Å². The highest BCUT2D eigenvalue weighted by atomic mass is 35.5. The minimum atomic E-state index is -0.385. The van der Waals surface area contributed by atoms with Crippen LogP contribution in [0.4, 0.5) is 0 Å². The second kappa shape index (κ2) is 8.99. The molecule has 146 valence electrons. The van der Waals surface area contributed by atoms with Crippen LogP contribution >= 0.6 is 11.6 Å². The Hall–Kier alpha value is -0.705. The summed E-state index contributed by atoms with van der Waals surface area (Å²) >= 11 is 6.33. The Balaban J connectivity index is 0.00000117. The number of halogens is 1. The van der Waals surface area contributed by atoms with E-state index in [4.69, 9.17) is 25.6 Å². The van der Waals surface area contributed by atoms with Crippen LogP contribution in [0.1, 0.15) is 73.6 Å². The molecule has 1 saturated heterocycles. The van der Waals surface area contributed by atoms with Crippen LogP contribution < -0.4 is 10.2 Å². The maximum Gasteiger partial charge on any atom is 0.494 e. The van der Waals surface area contributed by atoms with Crippen molar-refractivity contribution in [2.45, 2.75) is 84.8 Å². The Morgan fingerprint density at radius 3 is 2.19 bits per heavy atom. The summed E-state index contributed by atoms with van der Waals surface area (Å²) in [5.41, 5.74) is 0.262. The van der Waals surface area contributed by atoms with Crippen LogP contribution in [-0.2, 0) is 9.31 Å². The van der Waals surface area contributed by atoms with Gasteiger partial charge < -0.3 is 14.0 Å². The molecule has 0 atom stereocenters. The van der Waals surface area contributed by atoms with Gasteiger partial charge in [0.05, 0.1) is 22.8 Å². The molecule has 1 aromatic carbocycles. The lowest BCUT2D eigenvalue weighted by Gasteiger charge is -2.32. The highest BCUT2D eigenvalue weighted by Gasteiger charge is 2.51. The predicted molar refractivity (Wildman–Crippen MR) is 111 cm³/mol. The first-order valence-corrected chi connectivity index (χ1v) is 10.4. The molecule has 3 nitrogen and oxygen atoms in total. The molecule has 0 aromatic heterocycles. The topological polar surface area (TPSA) is 27.7 Å². The molecular formula is C21H34BClO3. The van der Waals surface area contributed by atoms with E-state index >= 15 is 0 Å². The maximum absolute atomic E-state index is 6.33. The highest BCUT2D eigenvalue weighted by molar-refractivity contribution is 6.62. The smallest absolute Gasteiger partial charge is 0.492 e. The second-order valence-electron chi connectivity index (χ2n) is 8.09. The first kappa shape index (κ1) is 21.6. The summed E-state index contributed by atoms with van der Waals surface area (Å²) in [5, 5.41) is 0.645. The zero-order valence-corrected chi connectivity index (χ0v) is 18.0. The molecule has 1 heterocycles. The van der Waals surface area contributed by atoms with E-state index in [1.807, 2.05) is 32.0 Å². The van der Waals surface area contributed by atoms with E-state index in [9.17, 15) is 0 Å². The van der Waals surface area contributed by atoms with Gasteiger partial charge in [-0.25, -0.2) is 0 Å². The Kier molecular flexibility index (Phi) is 7.47. The predicted octanol–water partition coefficient (Wildman–Crippen LogP) is 5.62. The van der Waals surface area contributed by atoms with Gasteiger partial charge in [0.15, 0.2) is 0 Å². The normalized spacial score (nSPS) is 21.9. The van der Waals surface area contributed by atoms with Crippen molar-refractivity contribution in [1.82, 2.24) is 0 Å². The van der Waals surface area contributed by atoms with Crippen molar-refractivity contribution < 1.29 is 14.0 Å². The fourth-order valence-electron chi connectivity index (χ4n) is 3.32. The molecular weight excluding hydrogens is 346 g/mol. The molecule has 0 spiro atoms. The fourth-order valence-corrected chi connectivity index (χ4v) is 3.49. The Morgan fingerprint density at radius 1 is 1.04 bits per heavy atom. The molecule has 1 aliphatic heterocycles. The lowest BCUT2D eigenvalue weighted by atomic mass is 9.79. The van der Waals surface area contributed by atoms with Crippen LogP contribution in [0.25, 0.3) is 0 Å². The maximum atomic E-state index is 6.33. The summed E-state index contributed by atoms with van der Waals surface area (Å²) in [5.74, 6) is 1.38. The van der Waals surface area contributed by atoms with Crippen molar-refractivity contribution in [3.63, 3.8) is 0 Å². The first-order valence-electron chi connectivity index (χ1n) is 10.1. The van der Waals surface area contributed by atoms with Gasteiger partial charge >= 0.3 is 7.12 Å². The zero-order chi connectivity index (χ0) is 19.4. The van der Waals surface area contributed by atoms with Gasteiger partial charge in [-0.15, -0.1) is 0 Å². The van der Waals surface area contributed by atoms with E-state index in [1.165, 1.54) is 32.1 Å². The number of benzene rings is 1. The van der Waals surface area contributed by atoms with Gasteiger partial charge in [-0.3, -0.25) is 0 Å². The van der Waals surface area contributed by atoms with Gasteiger partial charge in [0, 0.05) is 0 Å². The third-order valence-electron chi connectivity index (χ3n) is 5.68. The SMILES string of the molecule is CC.CC1(C)OB(c2ccc(Cl)c(OCC3CCCCC3)c2)OC1(C)C. The number of ether oxygens (including phenoxy) is 1. The molecule has 0 N–H and O–H groups in total. The minimum absolute atomic E-state index is 0.347. The van der Waals surface area contributed by atoms with Crippen LogP contribution in [0.15, 0.2) is 18.2 Å². The summed E-state index contributed by atoms with van der Waals surface area (Å²) in [7, 11) is -0.385. The Labute approximate surface area is 164 Å². The molecule has 0 radical (unpaired) electrons. The highest BCUT2D eigenvalue weighted by Crippen LogP contribution is 2.37. The quantitative estimate of drug-likeness (QED) is 0.634. The van der Waals surface area contributed by atoms with Crippen LogP contribution in [0.5, 0.6) is 5.75 Å². The Morgan fingerprint density at radius 2 is 1.62 bits per heavy atom. The van der Waals surface area contributed by atoms with E-state index < -0.39 is 0 Å². The number of hydrogen-bond donors (Lipinski definition) is 0. The zero-order valence-electron chi connectivity index (χ0n) is 17.2. The van der Waals surface area contributed by atoms with Crippen molar-refractivity contribution in [1.29, 1.82) is 0 Å². The molecule has 26 heavy (non-hydrogen) atoms. The molecule has 1 aliphatic carbocycles. The molecule has 2 fully saturated rings. The van der Waals surface area contributed by atoms with Gasteiger partial charge in [-0.05, 0) is 64.1 Å². The van der Waals surface area contributed by atoms with E-state index in [1.54, 1.807) is 0 Å². The van der Waals surface area contributed by atoms with Crippen molar-refractivity contribution in [2.75, 3.05) is 6.61 Å². The van der Waals surface area contributed by atoms with E-state index in [0.717, 1.165) is 17.8 Å². The monoisotopic (exact) mass is 380 g/mol. The summed E-state index contributed by atoms with van der Waals surface area (Å²) in [6.45, 7) is 13.0. The lowest BCUT2D eigenvalue weighted by molar-refractivity contribution is 0.00578. The number of rotatable bonds is 4. The van der Waals surface area contributed by atoms with Crippen molar-refractivity contribution in [2.24, 2.45) is 5.92 Å². The molecule has 0 unspecified atom stereocenters. The minimum Gasteiger partial charge on any atom is -0.492 e. The van der Waals surface area contributed by atoms with Crippen LogP contribution in [-0.4, -0.2) is 24.9 Å². The average molecular weight is 381 g/mol. The molecule has 2 aliphatic rings. The summed E-state index contributed by atoms with van der Waals surface area (Å²) in [6.07, 6.45) is 6.50. The third kappa shape index (κ3) is 4.96. The summed E-state index contributed by atoms with van der Waals surface area (Å²) in [4.78, 5) is 0. The molecule has 5 heteroatoms. The molecule has 1 aromatic rings. The van der Waals surface area contributed by atoms with E-state index in [2.05, 4.69) is 27.7 Å². The van der Waals surface area contributed by atoms with Crippen molar-refractivity contribution in [3.8, 4) is 5.75 Å². The van der Waals surface area contributed by atoms with E-state index in [-0.39, 0.29) is 18.3 Å². The third-order valence-corrected chi connectivity index (χ3v) is 5.99.